The lowest BCUT2D eigenvalue weighted by Gasteiger charge is -2.46. The fraction of sp³-hybridized carbons (Fsp3) is 0.579. The van der Waals surface area contributed by atoms with Crippen molar-refractivity contribution in [2.75, 3.05) is 6.61 Å². The first-order valence-corrected chi connectivity index (χ1v) is 8.82. The Labute approximate surface area is 149 Å². The molecule has 138 valence electrons. The minimum Gasteiger partial charge on any atom is -0.376 e. The summed E-state index contributed by atoms with van der Waals surface area (Å²) in [6.45, 7) is 8.62. The van der Waals surface area contributed by atoms with Gasteiger partial charge in [-0.1, -0.05) is 30.3 Å². The van der Waals surface area contributed by atoms with Crippen LogP contribution in [-0.4, -0.2) is 36.7 Å². The maximum absolute atomic E-state index is 12.3. The van der Waals surface area contributed by atoms with Gasteiger partial charge >= 0.3 is 6.03 Å². The molecule has 0 bridgehead atoms. The van der Waals surface area contributed by atoms with Crippen molar-refractivity contribution in [1.29, 1.82) is 0 Å². The molecular formula is C19H29N3O3. The van der Waals surface area contributed by atoms with Crippen LogP contribution in [0.3, 0.4) is 0 Å². The summed E-state index contributed by atoms with van der Waals surface area (Å²) in [5.41, 5.74) is 0.520. The maximum atomic E-state index is 12.3. The molecule has 1 aromatic carbocycles. The molecule has 1 aliphatic heterocycles. The van der Waals surface area contributed by atoms with Gasteiger partial charge in [0, 0.05) is 18.6 Å². The largest absolute Gasteiger partial charge is 0.376 e. The topological polar surface area (TPSA) is 79.5 Å². The van der Waals surface area contributed by atoms with E-state index in [1.54, 1.807) is 0 Å². The summed E-state index contributed by atoms with van der Waals surface area (Å²) in [5.74, 6) is 0.0134. The minimum absolute atomic E-state index is 0.0134. The molecule has 3 amide bonds. The van der Waals surface area contributed by atoms with E-state index in [0.29, 0.717) is 19.6 Å². The van der Waals surface area contributed by atoms with E-state index >= 15 is 0 Å². The molecule has 0 aromatic heterocycles. The number of hydrogen-bond donors (Lipinski definition) is 3. The number of benzene rings is 1. The van der Waals surface area contributed by atoms with Crippen molar-refractivity contribution in [3.8, 4) is 0 Å². The molecule has 0 radical (unpaired) electrons. The molecule has 3 N–H and O–H groups in total. The molecule has 25 heavy (non-hydrogen) atoms. The fourth-order valence-corrected chi connectivity index (χ4v) is 2.85. The van der Waals surface area contributed by atoms with Crippen molar-refractivity contribution >= 4 is 11.9 Å². The Kier molecular flexibility index (Phi) is 6.42. The SMILES string of the molecule is CC(C)NC(=O)C1(C)COC1CC(C)NC(=O)NCc1ccccc1. The Morgan fingerprint density at radius 1 is 1.20 bits per heavy atom. The van der Waals surface area contributed by atoms with Crippen molar-refractivity contribution in [2.24, 2.45) is 5.41 Å². The third kappa shape index (κ3) is 5.19. The Balaban J connectivity index is 1.76. The molecule has 0 saturated carbocycles. The summed E-state index contributed by atoms with van der Waals surface area (Å²) >= 11 is 0. The Morgan fingerprint density at radius 3 is 2.44 bits per heavy atom. The van der Waals surface area contributed by atoms with Crippen LogP contribution in [0.25, 0.3) is 0 Å². The van der Waals surface area contributed by atoms with Crippen LogP contribution in [0.2, 0.25) is 0 Å². The molecule has 1 fully saturated rings. The van der Waals surface area contributed by atoms with Crippen LogP contribution in [0, 0.1) is 5.41 Å². The molecule has 1 aliphatic rings. The molecule has 0 aliphatic carbocycles. The summed E-state index contributed by atoms with van der Waals surface area (Å²) in [7, 11) is 0. The van der Waals surface area contributed by atoms with Gasteiger partial charge < -0.3 is 20.7 Å². The predicted octanol–water partition coefficient (Wildman–Crippen LogP) is 2.19. The maximum Gasteiger partial charge on any atom is 0.315 e. The van der Waals surface area contributed by atoms with Gasteiger partial charge in [-0.3, -0.25) is 4.79 Å². The molecule has 3 atom stereocenters. The normalized spacial score (nSPS) is 23.5. The fourth-order valence-electron chi connectivity index (χ4n) is 2.85. The molecule has 3 unspecified atom stereocenters. The van der Waals surface area contributed by atoms with Gasteiger partial charge in [-0.05, 0) is 39.7 Å². The Hall–Kier alpha value is -2.08. The van der Waals surface area contributed by atoms with Crippen LogP contribution >= 0.6 is 0 Å². The minimum atomic E-state index is -0.527. The first-order chi connectivity index (χ1) is 11.8. The summed E-state index contributed by atoms with van der Waals surface area (Å²) in [6, 6.07) is 9.54. The van der Waals surface area contributed by atoms with E-state index in [1.807, 2.05) is 58.0 Å². The van der Waals surface area contributed by atoms with E-state index in [9.17, 15) is 9.59 Å². The zero-order valence-electron chi connectivity index (χ0n) is 15.5. The highest BCUT2D eigenvalue weighted by Gasteiger charge is 2.50. The second-order valence-electron chi connectivity index (χ2n) is 7.29. The van der Waals surface area contributed by atoms with Gasteiger partial charge in [0.15, 0.2) is 0 Å². The number of ether oxygens (including phenoxy) is 1. The molecular weight excluding hydrogens is 318 g/mol. The first-order valence-electron chi connectivity index (χ1n) is 8.82. The van der Waals surface area contributed by atoms with Crippen LogP contribution < -0.4 is 16.0 Å². The second-order valence-corrected chi connectivity index (χ2v) is 7.29. The lowest BCUT2D eigenvalue weighted by molar-refractivity contribution is -0.192. The number of carbonyl (C=O) groups excluding carboxylic acids is 2. The van der Waals surface area contributed by atoms with E-state index in [2.05, 4.69) is 16.0 Å². The lowest BCUT2D eigenvalue weighted by atomic mass is 9.76. The van der Waals surface area contributed by atoms with Crippen LogP contribution in [-0.2, 0) is 16.1 Å². The quantitative estimate of drug-likeness (QED) is 0.707. The van der Waals surface area contributed by atoms with Gasteiger partial charge in [0.2, 0.25) is 5.91 Å². The highest BCUT2D eigenvalue weighted by molar-refractivity contribution is 5.84. The number of urea groups is 1. The molecule has 2 rings (SSSR count). The molecule has 0 spiro atoms. The number of amides is 3. The van der Waals surface area contributed by atoms with Crippen LogP contribution in [0.5, 0.6) is 0 Å². The number of nitrogens with one attached hydrogen (secondary N) is 3. The average molecular weight is 347 g/mol. The third-order valence-corrected chi connectivity index (χ3v) is 4.47. The van der Waals surface area contributed by atoms with E-state index in [-0.39, 0.29) is 30.1 Å². The van der Waals surface area contributed by atoms with Gasteiger partial charge in [-0.2, -0.15) is 0 Å². The molecule has 1 aromatic rings. The molecule has 1 saturated heterocycles. The molecule has 6 nitrogen and oxygen atoms in total. The van der Waals surface area contributed by atoms with Gasteiger partial charge in [-0.25, -0.2) is 4.79 Å². The summed E-state index contributed by atoms with van der Waals surface area (Å²) < 4.78 is 5.60. The van der Waals surface area contributed by atoms with Gasteiger partial charge in [0.1, 0.15) is 0 Å². The van der Waals surface area contributed by atoms with Crippen LogP contribution in [0.15, 0.2) is 30.3 Å². The van der Waals surface area contributed by atoms with Crippen molar-refractivity contribution < 1.29 is 14.3 Å². The lowest BCUT2D eigenvalue weighted by Crippen LogP contribution is -2.61. The van der Waals surface area contributed by atoms with Gasteiger partial charge in [0.25, 0.3) is 0 Å². The zero-order chi connectivity index (χ0) is 18.4. The smallest absolute Gasteiger partial charge is 0.315 e. The summed E-state index contributed by atoms with van der Waals surface area (Å²) in [4.78, 5) is 24.4. The Morgan fingerprint density at radius 2 is 1.88 bits per heavy atom. The second kappa shape index (κ2) is 8.34. The van der Waals surface area contributed by atoms with Crippen LogP contribution in [0.1, 0.15) is 39.7 Å². The molecule has 1 heterocycles. The molecule has 6 heteroatoms. The third-order valence-electron chi connectivity index (χ3n) is 4.47. The van der Waals surface area contributed by atoms with E-state index in [1.165, 1.54) is 0 Å². The summed E-state index contributed by atoms with van der Waals surface area (Å²) in [6.07, 6.45) is 0.413. The van der Waals surface area contributed by atoms with Crippen molar-refractivity contribution in [3.63, 3.8) is 0 Å². The monoisotopic (exact) mass is 347 g/mol. The van der Waals surface area contributed by atoms with Gasteiger partial charge in [0.05, 0.1) is 18.1 Å². The number of hydrogen-bond acceptors (Lipinski definition) is 3. The number of carbonyl (C=O) groups is 2. The highest BCUT2D eigenvalue weighted by atomic mass is 16.5. The standard InChI is InChI=1S/C19H29N3O3/c1-13(2)21-17(23)19(4)12-25-16(19)10-14(3)22-18(24)20-11-15-8-6-5-7-9-15/h5-9,13-14,16H,10-12H2,1-4H3,(H,21,23)(H2,20,22,24). The van der Waals surface area contributed by atoms with Crippen molar-refractivity contribution in [2.45, 2.75) is 58.8 Å². The van der Waals surface area contributed by atoms with Crippen molar-refractivity contribution in [3.05, 3.63) is 35.9 Å². The first kappa shape index (κ1) is 19.2. The Bertz CT molecular complexity index is 591. The van der Waals surface area contributed by atoms with Crippen LogP contribution in [0.4, 0.5) is 4.79 Å². The zero-order valence-corrected chi connectivity index (χ0v) is 15.5. The van der Waals surface area contributed by atoms with E-state index in [0.717, 1.165) is 5.56 Å². The summed E-state index contributed by atoms with van der Waals surface area (Å²) in [5, 5.41) is 8.69. The van der Waals surface area contributed by atoms with Gasteiger partial charge in [-0.15, -0.1) is 0 Å². The number of rotatable bonds is 7. The predicted molar refractivity (Wildman–Crippen MR) is 97.0 cm³/mol. The van der Waals surface area contributed by atoms with Crippen molar-refractivity contribution in [1.82, 2.24) is 16.0 Å². The average Bonchev–Trinajstić information content (AvgIpc) is 2.56. The highest BCUT2D eigenvalue weighted by Crippen LogP contribution is 2.37. The van der Waals surface area contributed by atoms with E-state index < -0.39 is 5.41 Å². The van der Waals surface area contributed by atoms with E-state index in [4.69, 9.17) is 4.74 Å².